The fraction of sp³-hybridized carbons (Fsp3) is 0.435. The van der Waals surface area contributed by atoms with Crippen LogP contribution in [0.4, 0.5) is 0 Å². The van der Waals surface area contributed by atoms with Gasteiger partial charge < -0.3 is 10.2 Å². The number of nitrogens with zero attached hydrogens (tertiary/aromatic N) is 4. The van der Waals surface area contributed by atoms with E-state index in [-0.39, 0.29) is 11.8 Å². The summed E-state index contributed by atoms with van der Waals surface area (Å²) in [6, 6.07) is 6.81. The van der Waals surface area contributed by atoms with Crippen molar-refractivity contribution in [3.8, 4) is 11.1 Å². The Kier molecular flexibility index (Phi) is 6.64. The molecule has 1 fully saturated rings. The Morgan fingerprint density at radius 3 is 2.59 bits per heavy atom. The summed E-state index contributed by atoms with van der Waals surface area (Å²) < 4.78 is 1.78. The van der Waals surface area contributed by atoms with E-state index in [4.69, 9.17) is 0 Å². The summed E-state index contributed by atoms with van der Waals surface area (Å²) in [6.45, 7) is 5.70. The quantitative estimate of drug-likeness (QED) is 0.763. The van der Waals surface area contributed by atoms with Crippen molar-refractivity contribution in [3.05, 3.63) is 47.5 Å². The summed E-state index contributed by atoms with van der Waals surface area (Å²) in [5.41, 5.74) is 4.24. The molecule has 0 radical (unpaired) electrons. The molecule has 29 heavy (non-hydrogen) atoms. The molecule has 0 saturated heterocycles. The van der Waals surface area contributed by atoms with E-state index in [2.05, 4.69) is 59.3 Å². The number of carbonyl (C=O) groups excluding carboxylic acids is 1. The zero-order valence-electron chi connectivity index (χ0n) is 17.9. The Hall–Kier alpha value is -2.73. The molecule has 1 amide bonds. The van der Waals surface area contributed by atoms with Crippen LogP contribution in [-0.2, 0) is 11.8 Å². The molecule has 0 spiro atoms. The van der Waals surface area contributed by atoms with Crippen molar-refractivity contribution >= 4 is 18.7 Å². The van der Waals surface area contributed by atoms with Crippen molar-refractivity contribution in [3.63, 3.8) is 0 Å². The van der Waals surface area contributed by atoms with Crippen LogP contribution in [0, 0.1) is 12.8 Å². The molecule has 6 nitrogen and oxygen atoms in total. The fourth-order valence-electron chi connectivity index (χ4n) is 3.90. The minimum atomic E-state index is 0.0409. The summed E-state index contributed by atoms with van der Waals surface area (Å²) in [4.78, 5) is 19.1. The van der Waals surface area contributed by atoms with Crippen LogP contribution in [0.3, 0.4) is 0 Å². The van der Waals surface area contributed by atoms with E-state index in [9.17, 15) is 4.79 Å². The van der Waals surface area contributed by atoms with Crippen LogP contribution in [0.5, 0.6) is 0 Å². The lowest BCUT2D eigenvalue weighted by Crippen LogP contribution is -2.37. The molecule has 1 aromatic carbocycles. The molecule has 1 aliphatic carbocycles. The molecule has 1 aliphatic rings. The first-order chi connectivity index (χ1) is 13.9. The highest BCUT2D eigenvalue weighted by Gasteiger charge is 2.27. The molecule has 3 rings (SSSR count). The van der Waals surface area contributed by atoms with E-state index in [1.165, 1.54) is 0 Å². The first-order valence-electron chi connectivity index (χ1n) is 10.1. The van der Waals surface area contributed by atoms with Crippen LogP contribution >= 0.6 is 0 Å². The topological polar surface area (TPSA) is 62.5 Å². The van der Waals surface area contributed by atoms with Gasteiger partial charge in [-0.25, -0.2) is 4.99 Å². The summed E-state index contributed by atoms with van der Waals surface area (Å²) in [5, 5.41) is 7.22. The molecule has 0 atom stereocenters. The maximum absolute atomic E-state index is 12.7. The number of aromatic nitrogens is 2. The number of hydrogen-bond acceptors (Lipinski definition) is 4. The molecule has 154 valence electrons. The van der Waals surface area contributed by atoms with Crippen LogP contribution < -0.4 is 5.32 Å². The van der Waals surface area contributed by atoms with Gasteiger partial charge in [-0.3, -0.25) is 9.48 Å². The van der Waals surface area contributed by atoms with E-state index in [1.54, 1.807) is 4.68 Å². The van der Waals surface area contributed by atoms with Gasteiger partial charge in [0.25, 0.3) is 0 Å². The number of nitrogens with one attached hydrogen (secondary N) is 1. The second-order valence-corrected chi connectivity index (χ2v) is 8.12. The van der Waals surface area contributed by atoms with Gasteiger partial charge in [0.05, 0.1) is 6.20 Å². The van der Waals surface area contributed by atoms with Gasteiger partial charge in [0.2, 0.25) is 5.91 Å². The minimum absolute atomic E-state index is 0.0409. The van der Waals surface area contributed by atoms with Gasteiger partial charge >= 0.3 is 0 Å². The van der Waals surface area contributed by atoms with Crippen molar-refractivity contribution in [2.45, 2.75) is 38.6 Å². The van der Waals surface area contributed by atoms with Crippen molar-refractivity contribution in [1.82, 2.24) is 20.0 Å². The smallest absolute Gasteiger partial charge is 0.228 e. The van der Waals surface area contributed by atoms with Crippen LogP contribution in [0.25, 0.3) is 17.2 Å². The van der Waals surface area contributed by atoms with Gasteiger partial charge in [-0.05, 0) is 82.3 Å². The Bertz CT molecular complexity index is 904. The summed E-state index contributed by atoms with van der Waals surface area (Å²) >= 11 is 0. The first kappa shape index (κ1) is 21.0. The van der Waals surface area contributed by atoms with Crippen LogP contribution in [-0.4, -0.2) is 47.4 Å². The normalized spacial score (nSPS) is 20.0. The Balaban J connectivity index is 1.73. The third-order valence-corrected chi connectivity index (χ3v) is 5.83. The van der Waals surface area contributed by atoms with E-state index < -0.39 is 0 Å². The molecule has 2 aromatic rings. The number of aryl methyl sites for hydroxylation is 2. The van der Waals surface area contributed by atoms with Crippen molar-refractivity contribution in [1.29, 1.82) is 0 Å². The number of amides is 1. The van der Waals surface area contributed by atoms with Crippen molar-refractivity contribution in [2.24, 2.45) is 18.0 Å². The lowest BCUT2D eigenvalue weighted by molar-refractivity contribution is -0.125. The van der Waals surface area contributed by atoms with E-state index in [1.807, 2.05) is 32.4 Å². The maximum atomic E-state index is 12.7. The van der Waals surface area contributed by atoms with E-state index >= 15 is 0 Å². The third kappa shape index (κ3) is 5.21. The van der Waals surface area contributed by atoms with Gasteiger partial charge in [0, 0.05) is 30.8 Å². The molecular weight excluding hydrogens is 362 g/mol. The standard InChI is InChI=1S/C23H31N5O/c1-16-6-7-18(20-14-25-28(5)15-20)12-19(16)13-22(24-2)26-23(29)17-8-10-21(11-9-17)27(3)4/h6-7,12-15,17,21H,2,8-11H2,1,3-5H3,(H,26,29)/b22-13+. The average molecular weight is 394 g/mol. The van der Waals surface area contributed by atoms with Gasteiger partial charge in [0.15, 0.2) is 0 Å². The average Bonchev–Trinajstić information content (AvgIpc) is 3.15. The van der Waals surface area contributed by atoms with Crippen molar-refractivity contribution < 1.29 is 4.79 Å². The minimum Gasteiger partial charge on any atom is -0.310 e. The molecule has 1 aromatic heterocycles. The molecule has 0 aliphatic heterocycles. The van der Waals surface area contributed by atoms with Gasteiger partial charge in [0.1, 0.15) is 5.82 Å². The summed E-state index contributed by atoms with van der Waals surface area (Å²) in [6.07, 6.45) is 9.65. The third-order valence-electron chi connectivity index (χ3n) is 5.83. The molecule has 0 unspecified atom stereocenters. The molecule has 1 saturated carbocycles. The van der Waals surface area contributed by atoms with Gasteiger partial charge in [-0.15, -0.1) is 0 Å². The molecule has 1 N–H and O–H groups in total. The number of carbonyl (C=O) groups is 1. The van der Waals surface area contributed by atoms with E-state index in [0.29, 0.717) is 11.9 Å². The summed E-state index contributed by atoms with van der Waals surface area (Å²) in [7, 11) is 6.12. The second kappa shape index (κ2) is 9.18. The molecule has 6 heteroatoms. The zero-order valence-corrected chi connectivity index (χ0v) is 17.9. The predicted octanol–water partition coefficient (Wildman–Crippen LogP) is 3.63. The Morgan fingerprint density at radius 2 is 2.00 bits per heavy atom. The number of rotatable bonds is 6. The first-order valence-corrected chi connectivity index (χ1v) is 10.1. The number of aliphatic imine (C=N–C) groups is 1. The van der Waals surface area contributed by atoms with E-state index in [0.717, 1.165) is 47.9 Å². The van der Waals surface area contributed by atoms with Crippen molar-refractivity contribution in [2.75, 3.05) is 14.1 Å². The Morgan fingerprint density at radius 1 is 1.28 bits per heavy atom. The molecule has 1 heterocycles. The fourth-order valence-corrected chi connectivity index (χ4v) is 3.90. The van der Waals surface area contributed by atoms with Crippen LogP contribution in [0.2, 0.25) is 0 Å². The molecular formula is C23H31N5O. The molecule has 0 bridgehead atoms. The predicted molar refractivity (Wildman–Crippen MR) is 118 cm³/mol. The second-order valence-electron chi connectivity index (χ2n) is 8.12. The lowest BCUT2D eigenvalue weighted by atomic mass is 9.85. The van der Waals surface area contributed by atoms with Crippen LogP contribution in [0.1, 0.15) is 36.8 Å². The van der Waals surface area contributed by atoms with Crippen LogP contribution in [0.15, 0.2) is 41.4 Å². The zero-order chi connectivity index (χ0) is 21.0. The lowest BCUT2D eigenvalue weighted by Gasteiger charge is -2.31. The SMILES string of the molecule is C=N/C(=C\c1cc(-c2cnn(C)c2)ccc1C)NC(=O)C1CCC(N(C)C)CC1. The largest absolute Gasteiger partial charge is 0.310 e. The van der Waals surface area contributed by atoms with Gasteiger partial charge in [-0.1, -0.05) is 12.1 Å². The highest BCUT2D eigenvalue weighted by Crippen LogP contribution is 2.27. The van der Waals surface area contributed by atoms with Gasteiger partial charge in [-0.2, -0.15) is 5.10 Å². The highest BCUT2D eigenvalue weighted by atomic mass is 16.2. The number of hydrogen-bond donors (Lipinski definition) is 1. The summed E-state index contributed by atoms with van der Waals surface area (Å²) in [5.74, 6) is 0.581. The monoisotopic (exact) mass is 393 g/mol. The Labute approximate surface area is 173 Å². The highest BCUT2D eigenvalue weighted by molar-refractivity contribution is 5.82. The number of benzene rings is 1. The maximum Gasteiger partial charge on any atom is 0.228 e.